The van der Waals surface area contributed by atoms with Gasteiger partial charge in [0.25, 0.3) is 0 Å². The summed E-state index contributed by atoms with van der Waals surface area (Å²) in [4.78, 5) is 4.75. The van der Waals surface area contributed by atoms with Crippen molar-refractivity contribution in [3.8, 4) is 0 Å². The molecule has 1 aromatic carbocycles. The van der Waals surface area contributed by atoms with Gasteiger partial charge in [-0.15, -0.1) is 11.3 Å². The van der Waals surface area contributed by atoms with Gasteiger partial charge in [0.05, 0.1) is 5.69 Å². The standard InChI is InChI=1S/C17H22N2S/c1-17(2,3)15-11-20-16(19-15)10-18-14-8-12-6-4-5-7-13(12)9-14/h4-7,11,14,18H,8-10H2,1-3H3. The van der Waals surface area contributed by atoms with Crippen LogP contribution in [0.4, 0.5) is 0 Å². The third kappa shape index (κ3) is 2.94. The first-order chi connectivity index (χ1) is 9.52. The molecule has 0 fully saturated rings. The summed E-state index contributed by atoms with van der Waals surface area (Å²) in [5, 5.41) is 7.05. The second-order valence-corrected chi connectivity index (χ2v) is 7.57. The van der Waals surface area contributed by atoms with E-state index in [1.807, 2.05) is 0 Å². The Labute approximate surface area is 125 Å². The molecule has 1 aliphatic rings. The van der Waals surface area contributed by atoms with Crippen molar-refractivity contribution in [1.82, 2.24) is 10.3 Å². The van der Waals surface area contributed by atoms with E-state index in [1.165, 1.54) is 21.8 Å². The highest BCUT2D eigenvalue weighted by Gasteiger charge is 2.21. The molecule has 1 aromatic heterocycles. The van der Waals surface area contributed by atoms with Crippen LogP contribution in [-0.4, -0.2) is 11.0 Å². The maximum absolute atomic E-state index is 4.75. The smallest absolute Gasteiger partial charge is 0.107 e. The van der Waals surface area contributed by atoms with Gasteiger partial charge in [-0.3, -0.25) is 0 Å². The van der Waals surface area contributed by atoms with E-state index in [9.17, 15) is 0 Å². The molecule has 0 spiro atoms. The van der Waals surface area contributed by atoms with Crippen LogP contribution in [0.3, 0.4) is 0 Å². The van der Waals surface area contributed by atoms with E-state index in [-0.39, 0.29) is 5.41 Å². The first-order valence-corrected chi connectivity index (χ1v) is 8.15. The first kappa shape index (κ1) is 13.8. The predicted molar refractivity (Wildman–Crippen MR) is 85.3 cm³/mol. The lowest BCUT2D eigenvalue weighted by Gasteiger charge is -2.14. The van der Waals surface area contributed by atoms with Crippen molar-refractivity contribution in [3.05, 3.63) is 51.5 Å². The van der Waals surface area contributed by atoms with Crippen molar-refractivity contribution < 1.29 is 0 Å². The molecule has 20 heavy (non-hydrogen) atoms. The SMILES string of the molecule is CC(C)(C)c1csc(CNC2Cc3ccccc3C2)n1. The normalized spacial score (nSPS) is 15.6. The van der Waals surface area contributed by atoms with Gasteiger partial charge in [0, 0.05) is 23.4 Å². The molecule has 0 amide bonds. The van der Waals surface area contributed by atoms with Gasteiger partial charge >= 0.3 is 0 Å². The highest BCUT2D eigenvalue weighted by atomic mass is 32.1. The van der Waals surface area contributed by atoms with E-state index in [0.29, 0.717) is 6.04 Å². The lowest BCUT2D eigenvalue weighted by molar-refractivity contribution is 0.526. The van der Waals surface area contributed by atoms with Gasteiger partial charge in [0.1, 0.15) is 5.01 Å². The Kier molecular flexibility index (Phi) is 3.65. The molecule has 1 heterocycles. The lowest BCUT2D eigenvalue weighted by Crippen LogP contribution is -2.29. The highest BCUT2D eigenvalue weighted by Crippen LogP contribution is 2.25. The second-order valence-electron chi connectivity index (χ2n) is 6.63. The van der Waals surface area contributed by atoms with Crippen LogP contribution in [0, 0.1) is 0 Å². The summed E-state index contributed by atoms with van der Waals surface area (Å²) >= 11 is 1.77. The number of benzene rings is 1. The van der Waals surface area contributed by atoms with E-state index in [1.54, 1.807) is 11.3 Å². The molecule has 1 aliphatic carbocycles. The Balaban J connectivity index is 1.58. The van der Waals surface area contributed by atoms with Crippen LogP contribution >= 0.6 is 11.3 Å². The summed E-state index contributed by atoms with van der Waals surface area (Å²) in [6, 6.07) is 9.33. The van der Waals surface area contributed by atoms with Crippen LogP contribution in [0.2, 0.25) is 0 Å². The van der Waals surface area contributed by atoms with Crippen molar-refractivity contribution >= 4 is 11.3 Å². The fraction of sp³-hybridized carbons (Fsp3) is 0.471. The molecular weight excluding hydrogens is 264 g/mol. The molecular formula is C17H22N2S. The number of hydrogen-bond donors (Lipinski definition) is 1. The number of hydrogen-bond acceptors (Lipinski definition) is 3. The molecule has 3 heteroatoms. The fourth-order valence-corrected chi connectivity index (χ4v) is 3.64. The van der Waals surface area contributed by atoms with Crippen LogP contribution in [-0.2, 0) is 24.8 Å². The van der Waals surface area contributed by atoms with Gasteiger partial charge in [-0.1, -0.05) is 45.0 Å². The van der Waals surface area contributed by atoms with E-state index >= 15 is 0 Å². The lowest BCUT2D eigenvalue weighted by atomic mass is 9.93. The van der Waals surface area contributed by atoms with Crippen LogP contribution in [0.1, 0.15) is 42.6 Å². The molecule has 106 valence electrons. The Morgan fingerprint density at radius 3 is 2.40 bits per heavy atom. The van der Waals surface area contributed by atoms with E-state index in [2.05, 4.69) is 55.7 Å². The molecule has 0 saturated carbocycles. The first-order valence-electron chi connectivity index (χ1n) is 7.27. The zero-order valence-electron chi connectivity index (χ0n) is 12.4. The van der Waals surface area contributed by atoms with Crippen LogP contribution < -0.4 is 5.32 Å². The zero-order valence-corrected chi connectivity index (χ0v) is 13.3. The quantitative estimate of drug-likeness (QED) is 0.930. The fourth-order valence-electron chi connectivity index (χ4n) is 2.67. The average molecular weight is 286 g/mol. The Bertz CT molecular complexity index is 570. The zero-order chi connectivity index (χ0) is 14.2. The molecule has 1 N–H and O–H groups in total. The number of nitrogens with one attached hydrogen (secondary N) is 1. The minimum absolute atomic E-state index is 0.151. The number of aromatic nitrogens is 1. The Hall–Kier alpha value is -1.19. The predicted octanol–water partition coefficient (Wildman–Crippen LogP) is 3.70. The number of rotatable bonds is 3. The summed E-state index contributed by atoms with van der Waals surface area (Å²) in [6.45, 7) is 7.53. The van der Waals surface area contributed by atoms with Crippen molar-refractivity contribution in [2.24, 2.45) is 0 Å². The Morgan fingerprint density at radius 2 is 1.85 bits per heavy atom. The van der Waals surface area contributed by atoms with Crippen LogP contribution in [0.5, 0.6) is 0 Å². The number of nitrogens with zero attached hydrogens (tertiary/aromatic N) is 1. The molecule has 0 saturated heterocycles. The van der Waals surface area contributed by atoms with Gasteiger partial charge in [-0.05, 0) is 24.0 Å². The van der Waals surface area contributed by atoms with E-state index in [0.717, 1.165) is 19.4 Å². The maximum Gasteiger partial charge on any atom is 0.107 e. The average Bonchev–Trinajstić information content (AvgIpc) is 3.02. The van der Waals surface area contributed by atoms with Gasteiger partial charge in [-0.25, -0.2) is 4.98 Å². The molecule has 0 bridgehead atoms. The largest absolute Gasteiger partial charge is 0.307 e. The second kappa shape index (κ2) is 5.30. The van der Waals surface area contributed by atoms with Crippen molar-refractivity contribution in [3.63, 3.8) is 0 Å². The monoisotopic (exact) mass is 286 g/mol. The highest BCUT2D eigenvalue weighted by molar-refractivity contribution is 7.09. The third-order valence-electron chi connectivity index (χ3n) is 3.91. The van der Waals surface area contributed by atoms with E-state index < -0.39 is 0 Å². The topological polar surface area (TPSA) is 24.9 Å². The third-order valence-corrected chi connectivity index (χ3v) is 4.76. The molecule has 0 aliphatic heterocycles. The molecule has 3 rings (SSSR count). The Morgan fingerprint density at radius 1 is 1.20 bits per heavy atom. The summed E-state index contributed by atoms with van der Waals surface area (Å²) in [7, 11) is 0. The minimum atomic E-state index is 0.151. The molecule has 2 aromatic rings. The summed E-state index contributed by atoms with van der Waals surface area (Å²) in [6.07, 6.45) is 2.29. The summed E-state index contributed by atoms with van der Waals surface area (Å²) < 4.78 is 0. The van der Waals surface area contributed by atoms with Gasteiger partial charge in [0.2, 0.25) is 0 Å². The molecule has 0 unspecified atom stereocenters. The van der Waals surface area contributed by atoms with Gasteiger partial charge in [-0.2, -0.15) is 0 Å². The van der Waals surface area contributed by atoms with Crippen LogP contribution in [0.15, 0.2) is 29.6 Å². The minimum Gasteiger partial charge on any atom is -0.307 e. The molecule has 2 nitrogen and oxygen atoms in total. The molecule has 0 atom stereocenters. The van der Waals surface area contributed by atoms with Crippen molar-refractivity contribution in [2.45, 2.75) is 51.6 Å². The summed E-state index contributed by atoms with van der Waals surface area (Å²) in [5.74, 6) is 0. The van der Waals surface area contributed by atoms with Gasteiger partial charge < -0.3 is 5.32 Å². The van der Waals surface area contributed by atoms with Gasteiger partial charge in [0.15, 0.2) is 0 Å². The number of thiazole rings is 1. The van der Waals surface area contributed by atoms with Crippen molar-refractivity contribution in [1.29, 1.82) is 0 Å². The number of fused-ring (bicyclic) bond motifs is 1. The maximum atomic E-state index is 4.75. The van der Waals surface area contributed by atoms with E-state index in [4.69, 9.17) is 4.98 Å². The molecule has 0 radical (unpaired) electrons. The van der Waals surface area contributed by atoms with Crippen molar-refractivity contribution in [2.75, 3.05) is 0 Å². The summed E-state index contributed by atoms with van der Waals surface area (Å²) in [5.41, 5.74) is 4.35. The van der Waals surface area contributed by atoms with Crippen LogP contribution in [0.25, 0.3) is 0 Å².